The van der Waals surface area contributed by atoms with Gasteiger partial charge in [0, 0.05) is 6.42 Å². The van der Waals surface area contributed by atoms with Gasteiger partial charge in [-0.05, 0) is 12.5 Å². The zero-order valence-corrected chi connectivity index (χ0v) is 9.55. The predicted octanol–water partition coefficient (Wildman–Crippen LogP) is 4.16. The molecule has 2 heteroatoms. The van der Waals surface area contributed by atoms with Crippen LogP contribution in [0.1, 0.15) is 45.4 Å². The first-order chi connectivity index (χ1) is 7.33. The third-order valence-electron chi connectivity index (χ3n) is 2.53. The summed E-state index contributed by atoms with van der Waals surface area (Å²) in [6.45, 7) is 2.94. The zero-order valence-electron chi connectivity index (χ0n) is 9.55. The molecule has 0 spiro atoms. The highest BCUT2D eigenvalue weighted by Gasteiger charge is 2.10. The summed E-state index contributed by atoms with van der Waals surface area (Å²) in [5.74, 6) is 0.792. The third kappa shape index (κ3) is 5.60. The zero-order chi connectivity index (χ0) is 10.9. The van der Waals surface area contributed by atoms with Crippen molar-refractivity contribution in [3.8, 4) is 0 Å². The molecule has 0 N–H and O–H groups in total. The number of rotatable bonds is 7. The Balaban J connectivity index is 2.00. The number of unbranched alkanes of at least 4 members (excludes halogenated alkanes) is 4. The van der Waals surface area contributed by atoms with Crippen molar-refractivity contribution in [1.82, 2.24) is 0 Å². The lowest BCUT2D eigenvalue weighted by Gasteiger charge is -2.13. The van der Waals surface area contributed by atoms with Crippen LogP contribution in [0.4, 0.5) is 4.39 Å². The molecule has 0 aliphatic heterocycles. The second kappa shape index (κ2) is 7.49. The van der Waals surface area contributed by atoms with Crippen LogP contribution in [0.2, 0.25) is 0 Å². The molecule has 1 unspecified atom stereocenters. The van der Waals surface area contributed by atoms with Gasteiger partial charge in [0.1, 0.15) is 6.17 Å². The van der Waals surface area contributed by atoms with Gasteiger partial charge in [-0.2, -0.15) is 0 Å². The molecule has 0 amide bonds. The van der Waals surface area contributed by atoms with E-state index in [2.05, 4.69) is 6.92 Å². The Morgan fingerprint density at radius 2 is 2.13 bits per heavy atom. The van der Waals surface area contributed by atoms with Crippen LogP contribution >= 0.6 is 0 Å². The van der Waals surface area contributed by atoms with Crippen molar-refractivity contribution in [2.45, 2.75) is 51.6 Å². The van der Waals surface area contributed by atoms with E-state index in [-0.39, 0.29) is 0 Å². The van der Waals surface area contributed by atoms with Crippen LogP contribution < -0.4 is 0 Å². The molecule has 0 aromatic heterocycles. The average Bonchev–Trinajstić information content (AvgIpc) is 2.23. The SMILES string of the molecule is CCCCCCCOC1=CC=CC(F)C1. The summed E-state index contributed by atoms with van der Waals surface area (Å²) in [7, 11) is 0. The topological polar surface area (TPSA) is 9.23 Å². The van der Waals surface area contributed by atoms with Crippen molar-refractivity contribution in [2.75, 3.05) is 6.61 Å². The molecule has 1 rings (SSSR count). The van der Waals surface area contributed by atoms with Gasteiger partial charge in [-0.25, -0.2) is 4.39 Å². The molecule has 86 valence electrons. The quantitative estimate of drug-likeness (QED) is 0.576. The monoisotopic (exact) mass is 212 g/mol. The highest BCUT2D eigenvalue weighted by Crippen LogP contribution is 2.16. The molecule has 1 atom stereocenters. The molecule has 0 bridgehead atoms. The second-order valence-electron chi connectivity index (χ2n) is 4.00. The third-order valence-corrected chi connectivity index (χ3v) is 2.53. The lowest BCUT2D eigenvalue weighted by Crippen LogP contribution is -2.05. The highest BCUT2D eigenvalue weighted by molar-refractivity contribution is 5.16. The van der Waals surface area contributed by atoms with Crippen molar-refractivity contribution in [2.24, 2.45) is 0 Å². The van der Waals surface area contributed by atoms with Crippen LogP contribution in [0.3, 0.4) is 0 Å². The van der Waals surface area contributed by atoms with E-state index in [1.165, 1.54) is 25.7 Å². The largest absolute Gasteiger partial charge is 0.498 e. The molecule has 0 fully saturated rings. The van der Waals surface area contributed by atoms with Crippen molar-refractivity contribution in [3.05, 3.63) is 24.0 Å². The van der Waals surface area contributed by atoms with Crippen LogP contribution in [0.15, 0.2) is 24.0 Å². The molecule has 0 saturated carbocycles. The summed E-state index contributed by atoms with van der Waals surface area (Å²) < 4.78 is 18.4. The fraction of sp³-hybridized carbons (Fsp3) is 0.692. The minimum atomic E-state index is -0.856. The van der Waals surface area contributed by atoms with Crippen LogP contribution in [-0.4, -0.2) is 12.8 Å². The van der Waals surface area contributed by atoms with Gasteiger partial charge in [-0.15, -0.1) is 0 Å². The number of allylic oxidation sites excluding steroid dienone is 4. The minimum absolute atomic E-state index is 0.408. The maximum Gasteiger partial charge on any atom is 0.126 e. The van der Waals surface area contributed by atoms with Gasteiger partial charge >= 0.3 is 0 Å². The second-order valence-corrected chi connectivity index (χ2v) is 4.00. The van der Waals surface area contributed by atoms with Gasteiger partial charge in [-0.3, -0.25) is 0 Å². The van der Waals surface area contributed by atoms with Crippen LogP contribution in [0, 0.1) is 0 Å². The Bertz CT molecular complexity index is 221. The Kier molecular flexibility index (Phi) is 6.14. The Labute approximate surface area is 92.0 Å². The highest BCUT2D eigenvalue weighted by atomic mass is 19.1. The smallest absolute Gasteiger partial charge is 0.126 e. The summed E-state index contributed by atoms with van der Waals surface area (Å²) >= 11 is 0. The molecule has 0 saturated heterocycles. The normalized spacial score (nSPS) is 20.1. The maximum atomic E-state index is 12.9. The molecule has 0 radical (unpaired) electrons. The predicted molar refractivity (Wildman–Crippen MR) is 61.4 cm³/mol. The number of hydrogen-bond acceptors (Lipinski definition) is 1. The van der Waals surface area contributed by atoms with Crippen LogP contribution in [0.25, 0.3) is 0 Å². The Hall–Kier alpha value is -0.790. The van der Waals surface area contributed by atoms with Gasteiger partial charge in [0.15, 0.2) is 0 Å². The molecule has 1 nitrogen and oxygen atoms in total. The Morgan fingerprint density at radius 1 is 1.33 bits per heavy atom. The molecule has 15 heavy (non-hydrogen) atoms. The van der Waals surface area contributed by atoms with E-state index in [0.29, 0.717) is 6.42 Å². The lowest BCUT2D eigenvalue weighted by molar-refractivity contribution is 0.181. The van der Waals surface area contributed by atoms with E-state index >= 15 is 0 Å². The maximum absolute atomic E-state index is 12.9. The molecule has 1 aliphatic rings. The van der Waals surface area contributed by atoms with Gasteiger partial charge in [0.05, 0.1) is 12.4 Å². The van der Waals surface area contributed by atoms with Crippen molar-refractivity contribution < 1.29 is 9.13 Å². The van der Waals surface area contributed by atoms with E-state index in [1.807, 2.05) is 6.08 Å². The minimum Gasteiger partial charge on any atom is -0.498 e. The van der Waals surface area contributed by atoms with Crippen molar-refractivity contribution in [1.29, 1.82) is 0 Å². The summed E-state index contributed by atoms with van der Waals surface area (Å²) in [5.41, 5.74) is 0. The fourth-order valence-corrected chi connectivity index (χ4v) is 1.63. The fourth-order valence-electron chi connectivity index (χ4n) is 1.63. The summed E-state index contributed by atoms with van der Waals surface area (Å²) in [4.78, 5) is 0. The lowest BCUT2D eigenvalue weighted by atomic mass is 10.1. The van der Waals surface area contributed by atoms with E-state index in [1.54, 1.807) is 12.2 Å². The number of hydrogen-bond donors (Lipinski definition) is 0. The van der Waals surface area contributed by atoms with Gasteiger partial charge in [0.25, 0.3) is 0 Å². The summed E-state index contributed by atoms with van der Waals surface area (Å²) in [6, 6.07) is 0. The van der Waals surface area contributed by atoms with Gasteiger partial charge < -0.3 is 4.74 Å². The Morgan fingerprint density at radius 3 is 2.87 bits per heavy atom. The molecular weight excluding hydrogens is 191 g/mol. The van der Waals surface area contributed by atoms with E-state index in [9.17, 15) is 4.39 Å². The molecule has 0 aromatic rings. The van der Waals surface area contributed by atoms with E-state index in [4.69, 9.17) is 4.74 Å². The number of alkyl halides is 1. The van der Waals surface area contributed by atoms with Crippen LogP contribution in [-0.2, 0) is 4.74 Å². The number of halogens is 1. The standard InChI is InChI=1S/C13H21FO/c1-2-3-4-5-6-10-15-13-9-7-8-12(14)11-13/h7-9,12H,2-6,10-11H2,1H3. The molecule has 0 aromatic carbocycles. The van der Waals surface area contributed by atoms with Crippen LogP contribution in [0.5, 0.6) is 0 Å². The summed E-state index contributed by atoms with van der Waals surface area (Å²) in [5, 5.41) is 0. The summed E-state index contributed by atoms with van der Waals surface area (Å²) in [6.07, 6.45) is 10.9. The molecule has 0 heterocycles. The number of ether oxygens (including phenoxy) is 1. The van der Waals surface area contributed by atoms with Crippen molar-refractivity contribution in [3.63, 3.8) is 0 Å². The first-order valence-corrected chi connectivity index (χ1v) is 5.97. The first-order valence-electron chi connectivity index (χ1n) is 5.97. The van der Waals surface area contributed by atoms with Gasteiger partial charge in [0.2, 0.25) is 0 Å². The van der Waals surface area contributed by atoms with E-state index < -0.39 is 6.17 Å². The first kappa shape index (κ1) is 12.3. The van der Waals surface area contributed by atoms with Crippen molar-refractivity contribution >= 4 is 0 Å². The molecule has 1 aliphatic carbocycles. The van der Waals surface area contributed by atoms with Gasteiger partial charge in [-0.1, -0.05) is 44.8 Å². The average molecular weight is 212 g/mol. The van der Waals surface area contributed by atoms with E-state index in [0.717, 1.165) is 18.8 Å². The molecular formula is C13H21FO.